The van der Waals surface area contributed by atoms with Crippen molar-refractivity contribution in [2.24, 2.45) is 0 Å². The quantitative estimate of drug-likeness (QED) is 0.483. The molecule has 0 radical (unpaired) electrons. The van der Waals surface area contributed by atoms with Crippen LogP contribution in [0.4, 0.5) is 17.6 Å². The van der Waals surface area contributed by atoms with Crippen molar-refractivity contribution in [3.63, 3.8) is 0 Å². The van der Waals surface area contributed by atoms with E-state index in [0.717, 1.165) is 43.8 Å². The Kier molecular flexibility index (Phi) is 5.63. The van der Waals surface area contributed by atoms with E-state index in [1.807, 2.05) is 31.3 Å². The highest BCUT2D eigenvalue weighted by atomic mass is 19.4. The summed E-state index contributed by atoms with van der Waals surface area (Å²) in [5.74, 6) is -1.38. The van der Waals surface area contributed by atoms with Crippen LogP contribution in [-0.2, 0) is 17.8 Å². The second-order valence-electron chi connectivity index (χ2n) is 9.64. The molecule has 0 aliphatic carbocycles. The van der Waals surface area contributed by atoms with Gasteiger partial charge in [0.05, 0.1) is 0 Å². The monoisotopic (exact) mass is 490 g/mol. The molecule has 4 heterocycles. The number of H-pyrrole nitrogens is 1. The number of amides is 1. The minimum Gasteiger partial charge on any atom is -0.373 e. The molecule has 6 nitrogen and oxygen atoms in total. The molecular formula is C25H26F4N4O2. The molecule has 35 heavy (non-hydrogen) atoms. The molecule has 0 saturated carbocycles. The predicted molar refractivity (Wildman–Crippen MR) is 122 cm³/mol. The Bertz CT molecular complexity index is 1300. The number of rotatable bonds is 3. The van der Waals surface area contributed by atoms with E-state index in [4.69, 9.17) is 0 Å². The Morgan fingerprint density at radius 2 is 2.00 bits per heavy atom. The summed E-state index contributed by atoms with van der Waals surface area (Å²) in [6.45, 7) is 2.60. The van der Waals surface area contributed by atoms with Crippen LogP contribution in [0.25, 0.3) is 22.2 Å². The Balaban J connectivity index is 1.56. The van der Waals surface area contributed by atoms with Crippen LogP contribution in [-0.4, -0.2) is 56.9 Å². The molecule has 1 amide bonds. The largest absolute Gasteiger partial charge is 0.426 e. The third-order valence-corrected chi connectivity index (χ3v) is 7.16. The van der Waals surface area contributed by atoms with Crippen molar-refractivity contribution in [2.45, 2.75) is 57.2 Å². The van der Waals surface area contributed by atoms with Crippen LogP contribution < -0.4 is 5.32 Å². The van der Waals surface area contributed by atoms with Gasteiger partial charge < -0.3 is 20.3 Å². The Hall–Kier alpha value is -2.98. The van der Waals surface area contributed by atoms with Gasteiger partial charge in [0.2, 0.25) is 5.60 Å². The molecule has 1 fully saturated rings. The summed E-state index contributed by atoms with van der Waals surface area (Å²) in [6.07, 6.45) is -1.94. The fourth-order valence-corrected chi connectivity index (χ4v) is 5.00. The highest BCUT2D eigenvalue weighted by molar-refractivity contribution is 5.86. The predicted octanol–water partition coefficient (Wildman–Crippen LogP) is 4.11. The molecule has 3 N–H and O–H groups in total. The number of aryl methyl sites for hydroxylation is 1. The van der Waals surface area contributed by atoms with Crippen LogP contribution in [0.1, 0.15) is 41.6 Å². The molecule has 0 bridgehead atoms. The molecule has 1 saturated heterocycles. The van der Waals surface area contributed by atoms with E-state index in [2.05, 4.69) is 15.3 Å². The van der Waals surface area contributed by atoms with Crippen molar-refractivity contribution in [3.8, 4) is 11.1 Å². The standard InChI is InChI=1S/C25H26F4N4O2/c1-13-9-31-22-18(13)7-16(10-32-22)15-5-14-3-4-33(23(34)24(2,35)25(27,28)29)12-20(14)19(6-15)21-8-17(26)11-30-21/h5-7,9-10,17,21,30,35H,3-4,8,11-12H2,1-2H3,(H,31,32)/t17-,21+,24+/m1/s1. The molecule has 5 rings (SSSR count). The molecule has 0 unspecified atom stereocenters. The van der Waals surface area contributed by atoms with E-state index >= 15 is 0 Å². The summed E-state index contributed by atoms with van der Waals surface area (Å²) in [5.41, 5.74) is 2.44. The number of benzene rings is 1. The number of fused-ring (bicyclic) bond motifs is 2. The van der Waals surface area contributed by atoms with E-state index in [1.165, 1.54) is 0 Å². The van der Waals surface area contributed by atoms with Crippen molar-refractivity contribution < 1.29 is 27.5 Å². The van der Waals surface area contributed by atoms with E-state index in [1.54, 1.807) is 6.20 Å². The Morgan fingerprint density at radius 1 is 1.23 bits per heavy atom. The van der Waals surface area contributed by atoms with Gasteiger partial charge in [-0.3, -0.25) is 4.79 Å². The van der Waals surface area contributed by atoms with E-state index in [-0.39, 0.29) is 32.1 Å². The lowest BCUT2D eigenvalue weighted by molar-refractivity contribution is -0.250. The first-order valence-corrected chi connectivity index (χ1v) is 11.5. The van der Waals surface area contributed by atoms with Gasteiger partial charge in [0, 0.05) is 49.0 Å². The van der Waals surface area contributed by atoms with Gasteiger partial charge in [-0.15, -0.1) is 0 Å². The van der Waals surface area contributed by atoms with Crippen LogP contribution in [0.2, 0.25) is 0 Å². The number of halogens is 4. The number of alkyl halides is 4. The summed E-state index contributed by atoms with van der Waals surface area (Å²) in [7, 11) is 0. The minimum absolute atomic E-state index is 0.0407. The first-order chi connectivity index (χ1) is 16.5. The highest BCUT2D eigenvalue weighted by Gasteiger charge is 2.57. The second-order valence-corrected chi connectivity index (χ2v) is 9.64. The van der Waals surface area contributed by atoms with Gasteiger partial charge in [0.15, 0.2) is 0 Å². The number of pyridine rings is 1. The van der Waals surface area contributed by atoms with Crippen molar-refractivity contribution >= 4 is 16.9 Å². The third kappa shape index (κ3) is 4.08. The van der Waals surface area contributed by atoms with Gasteiger partial charge in [-0.25, -0.2) is 9.37 Å². The Labute approximate surface area is 199 Å². The lowest BCUT2D eigenvalue weighted by atomic mass is 9.86. The van der Waals surface area contributed by atoms with Crippen molar-refractivity contribution in [1.82, 2.24) is 20.2 Å². The fourth-order valence-electron chi connectivity index (χ4n) is 5.00. The molecule has 1 aromatic carbocycles. The number of aliphatic hydroxyl groups is 1. The summed E-state index contributed by atoms with van der Waals surface area (Å²) in [6, 6.07) is 5.58. The number of aromatic nitrogens is 2. The van der Waals surface area contributed by atoms with Crippen LogP contribution in [0.5, 0.6) is 0 Å². The first-order valence-electron chi connectivity index (χ1n) is 11.5. The summed E-state index contributed by atoms with van der Waals surface area (Å²) < 4.78 is 54.0. The number of nitrogens with one attached hydrogen (secondary N) is 2. The zero-order chi connectivity index (χ0) is 25.1. The number of nitrogens with zero attached hydrogens (tertiary/aromatic N) is 2. The highest BCUT2D eigenvalue weighted by Crippen LogP contribution is 2.38. The van der Waals surface area contributed by atoms with Gasteiger partial charge in [-0.1, -0.05) is 6.07 Å². The number of hydrogen-bond donors (Lipinski definition) is 3. The third-order valence-electron chi connectivity index (χ3n) is 7.16. The maximum atomic E-state index is 14.1. The topological polar surface area (TPSA) is 81.2 Å². The average molecular weight is 491 g/mol. The lowest BCUT2D eigenvalue weighted by Crippen LogP contribution is -2.56. The molecule has 2 aromatic heterocycles. The Morgan fingerprint density at radius 3 is 2.69 bits per heavy atom. The number of hydrogen-bond acceptors (Lipinski definition) is 4. The molecule has 10 heteroatoms. The lowest BCUT2D eigenvalue weighted by Gasteiger charge is -2.36. The van der Waals surface area contributed by atoms with Crippen LogP contribution in [0.15, 0.2) is 30.6 Å². The molecule has 2 aliphatic rings. The zero-order valence-electron chi connectivity index (χ0n) is 19.3. The van der Waals surface area contributed by atoms with Crippen LogP contribution in [0.3, 0.4) is 0 Å². The summed E-state index contributed by atoms with van der Waals surface area (Å²) in [4.78, 5) is 21.3. The van der Waals surface area contributed by atoms with Crippen LogP contribution >= 0.6 is 0 Å². The van der Waals surface area contributed by atoms with E-state index in [9.17, 15) is 27.5 Å². The van der Waals surface area contributed by atoms with Gasteiger partial charge in [0.25, 0.3) is 5.91 Å². The maximum absolute atomic E-state index is 14.1. The number of carbonyl (C=O) groups excluding carboxylic acids is 1. The van der Waals surface area contributed by atoms with Crippen molar-refractivity contribution in [3.05, 3.63) is 52.8 Å². The van der Waals surface area contributed by atoms with Crippen molar-refractivity contribution in [1.29, 1.82) is 0 Å². The first kappa shape index (κ1) is 23.7. The smallest absolute Gasteiger partial charge is 0.373 e. The van der Waals surface area contributed by atoms with Gasteiger partial charge in [-0.2, -0.15) is 13.2 Å². The number of aromatic amines is 1. The average Bonchev–Trinajstić information content (AvgIpc) is 3.42. The summed E-state index contributed by atoms with van der Waals surface area (Å²) >= 11 is 0. The minimum atomic E-state index is -5.09. The molecular weight excluding hydrogens is 464 g/mol. The molecule has 3 atom stereocenters. The molecule has 2 aliphatic heterocycles. The van der Waals surface area contributed by atoms with Gasteiger partial charge in [-0.05, 0) is 66.6 Å². The zero-order valence-corrected chi connectivity index (χ0v) is 19.3. The number of carbonyl (C=O) groups is 1. The van der Waals surface area contributed by atoms with Crippen molar-refractivity contribution in [2.75, 3.05) is 13.1 Å². The van der Waals surface area contributed by atoms with Gasteiger partial charge in [0.1, 0.15) is 11.8 Å². The SMILES string of the molecule is Cc1c[nH]c2ncc(-c3cc4c(c([C@@H]5C[C@@H](F)CN5)c3)CN(C(=O)[C@](C)(O)C(F)(F)F)CC4)cc12. The van der Waals surface area contributed by atoms with E-state index in [0.29, 0.717) is 18.9 Å². The second kappa shape index (κ2) is 8.30. The van der Waals surface area contributed by atoms with Crippen LogP contribution in [0, 0.1) is 6.92 Å². The molecule has 3 aromatic rings. The van der Waals surface area contributed by atoms with Gasteiger partial charge >= 0.3 is 6.18 Å². The normalized spacial score (nSPS) is 22.3. The fraction of sp³-hybridized carbons (Fsp3) is 0.440. The maximum Gasteiger partial charge on any atom is 0.426 e. The van der Waals surface area contributed by atoms with E-state index < -0.39 is 23.9 Å². The summed E-state index contributed by atoms with van der Waals surface area (Å²) in [5, 5.41) is 14.1. The molecule has 0 spiro atoms. The molecule has 186 valence electrons.